The van der Waals surface area contributed by atoms with Gasteiger partial charge in [-0.15, -0.1) is 0 Å². The lowest BCUT2D eigenvalue weighted by atomic mass is 10.1. The van der Waals surface area contributed by atoms with Crippen LogP contribution in [0.2, 0.25) is 0 Å². The van der Waals surface area contributed by atoms with Crippen molar-refractivity contribution < 1.29 is 27.5 Å². The van der Waals surface area contributed by atoms with E-state index in [0.29, 0.717) is 18.6 Å². The number of Topliss-reactive ketones (excluding diaryl/α,β-unsaturated/α-hetero) is 1. The average molecular weight is 303 g/mol. The molecule has 4 nitrogen and oxygen atoms in total. The Morgan fingerprint density at radius 3 is 2.33 bits per heavy atom. The number of carbonyl (C=O) groups excluding carboxylic acids is 2. The van der Waals surface area contributed by atoms with Gasteiger partial charge in [-0.25, -0.2) is 0 Å². The van der Waals surface area contributed by atoms with Gasteiger partial charge in [-0.05, 0) is 31.0 Å². The summed E-state index contributed by atoms with van der Waals surface area (Å²) < 4.78 is 40.7. The zero-order chi connectivity index (χ0) is 15.9. The minimum Gasteiger partial charge on any atom is -0.484 e. The number of nitrogens with one attached hydrogen (secondary N) is 1. The molecule has 0 saturated carbocycles. The van der Waals surface area contributed by atoms with Crippen LogP contribution >= 0.6 is 0 Å². The van der Waals surface area contributed by atoms with Crippen LogP contribution in [0.25, 0.3) is 0 Å². The van der Waals surface area contributed by atoms with Gasteiger partial charge in [0.1, 0.15) is 18.1 Å². The van der Waals surface area contributed by atoms with Crippen LogP contribution < -0.4 is 10.1 Å². The molecule has 0 aromatic heterocycles. The number of amides is 1. The first-order valence-electron chi connectivity index (χ1n) is 6.31. The first-order valence-corrected chi connectivity index (χ1v) is 6.31. The summed E-state index contributed by atoms with van der Waals surface area (Å²) in [5, 5.41) is 1.71. The van der Waals surface area contributed by atoms with Gasteiger partial charge >= 0.3 is 6.18 Å². The van der Waals surface area contributed by atoms with E-state index in [1.165, 1.54) is 6.92 Å². The molecule has 116 valence electrons. The maximum Gasteiger partial charge on any atom is 0.405 e. The van der Waals surface area contributed by atoms with E-state index in [1.807, 2.05) is 0 Å². The summed E-state index contributed by atoms with van der Waals surface area (Å²) in [5.74, 6) is -0.367. The van der Waals surface area contributed by atoms with Crippen molar-refractivity contribution in [3.8, 4) is 5.75 Å². The number of hydrogen-bond acceptors (Lipinski definition) is 3. The summed E-state index contributed by atoms with van der Waals surface area (Å²) in [6.45, 7) is -0.348. The summed E-state index contributed by atoms with van der Waals surface area (Å²) in [4.78, 5) is 22.0. The third kappa shape index (κ3) is 7.96. The quantitative estimate of drug-likeness (QED) is 0.840. The topological polar surface area (TPSA) is 55.4 Å². The van der Waals surface area contributed by atoms with Gasteiger partial charge in [0.2, 0.25) is 0 Å². The zero-order valence-electron chi connectivity index (χ0n) is 11.5. The van der Waals surface area contributed by atoms with Gasteiger partial charge in [0.25, 0.3) is 5.91 Å². The predicted molar refractivity (Wildman–Crippen MR) is 70.0 cm³/mol. The van der Waals surface area contributed by atoms with Crippen molar-refractivity contribution in [3.63, 3.8) is 0 Å². The molecule has 1 rings (SSSR count). The van der Waals surface area contributed by atoms with Crippen molar-refractivity contribution in [3.05, 3.63) is 29.8 Å². The lowest BCUT2D eigenvalue weighted by Crippen LogP contribution is -2.36. The van der Waals surface area contributed by atoms with Crippen LogP contribution in [0.1, 0.15) is 18.9 Å². The van der Waals surface area contributed by atoms with E-state index < -0.39 is 25.2 Å². The molecule has 7 heteroatoms. The van der Waals surface area contributed by atoms with Crippen LogP contribution in [0.4, 0.5) is 13.2 Å². The number of ether oxygens (including phenoxy) is 1. The van der Waals surface area contributed by atoms with Crippen molar-refractivity contribution >= 4 is 11.7 Å². The number of benzene rings is 1. The highest BCUT2D eigenvalue weighted by Crippen LogP contribution is 2.14. The fourth-order valence-corrected chi connectivity index (χ4v) is 1.47. The maximum atomic E-state index is 11.9. The van der Waals surface area contributed by atoms with Crippen LogP contribution in [0.3, 0.4) is 0 Å². The number of halogens is 3. The summed E-state index contributed by atoms with van der Waals surface area (Å²) in [5.41, 5.74) is 0.944. The number of aryl methyl sites for hydroxylation is 1. The molecule has 0 aliphatic carbocycles. The Balaban J connectivity index is 2.35. The van der Waals surface area contributed by atoms with E-state index >= 15 is 0 Å². The highest BCUT2D eigenvalue weighted by atomic mass is 19.4. The first-order chi connectivity index (χ1) is 9.76. The van der Waals surface area contributed by atoms with Gasteiger partial charge in [0, 0.05) is 6.42 Å². The molecule has 0 unspecified atom stereocenters. The Kier molecular flexibility index (Phi) is 6.20. The predicted octanol–water partition coefficient (Wildman–Crippen LogP) is 2.27. The second kappa shape index (κ2) is 7.66. The van der Waals surface area contributed by atoms with Crippen LogP contribution in [0, 0.1) is 0 Å². The third-order valence-corrected chi connectivity index (χ3v) is 2.55. The van der Waals surface area contributed by atoms with Crippen LogP contribution in [-0.2, 0) is 16.0 Å². The third-order valence-electron chi connectivity index (χ3n) is 2.55. The Bertz CT molecular complexity index is 483. The molecule has 0 atom stereocenters. The fraction of sp³-hybridized carbons (Fsp3) is 0.429. The Hall–Kier alpha value is -2.05. The maximum absolute atomic E-state index is 11.9. The number of hydrogen-bond donors (Lipinski definition) is 1. The molecule has 1 N–H and O–H groups in total. The highest BCUT2D eigenvalue weighted by Gasteiger charge is 2.27. The second-order valence-corrected chi connectivity index (χ2v) is 4.53. The summed E-state index contributed by atoms with van der Waals surface area (Å²) in [7, 11) is 0. The molecule has 0 radical (unpaired) electrons. The molecule has 21 heavy (non-hydrogen) atoms. The number of ketones is 1. The van der Waals surface area contributed by atoms with E-state index in [1.54, 1.807) is 29.6 Å². The molecule has 1 amide bonds. The van der Waals surface area contributed by atoms with Crippen molar-refractivity contribution in [1.29, 1.82) is 0 Å². The molecule has 1 aromatic rings. The van der Waals surface area contributed by atoms with Crippen LogP contribution in [0.5, 0.6) is 5.75 Å². The van der Waals surface area contributed by atoms with Crippen LogP contribution in [-0.4, -0.2) is 31.0 Å². The average Bonchev–Trinajstić information content (AvgIpc) is 2.41. The lowest BCUT2D eigenvalue weighted by molar-refractivity contribution is -0.139. The Morgan fingerprint density at radius 2 is 1.81 bits per heavy atom. The van der Waals surface area contributed by atoms with Crippen molar-refractivity contribution in [2.75, 3.05) is 13.2 Å². The smallest absolute Gasteiger partial charge is 0.405 e. The lowest BCUT2D eigenvalue weighted by Gasteiger charge is -2.09. The molecule has 0 aliphatic rings. The molecule has 0 heterocycles. The molecule has 0 saturated heterocycles. The first kappa shape index (κ1) is 17.0. The monoisotopic (exact) mass is 303 g/mol. The molecular weight excluding hydrogens is 287 g/mol. The highest BCUT2D eigenvalue weighted by molar-refractivity contribution is 5.77. The summed E-state index contributed by atoms with van der Waals surface area (Å²) in [6.07, 6.45) is -3.38. The molecule has 0 spiro atoms. The standard InChI is InChI=1S/C14H16F3NO3/c1-10(19)2-3-11-4-6-12(7-5-11)21-8-13(20)18-9-14(15,16)17/h4-7H,2-3,8-9H2,1H3,(H,18,20). The summed E-state index contributed by atoms with van der Waals surface area (Å²) >= 11 is 0. The normalized spacial score (nSPS) is 11.0. The van der Waals surface area contributed by atoms with E-state index in [0.717, 1.165) is 5.56 Å². The molecule has 0 bridgehead atoms. The molecule has 0 aliphatic heterocycles. The Morgan fingerprint density at radius 1 is 1.19 bits per heavy atom. The van der Waals surface area contributed by atoms with Crippen molar-refractivity contribution in [2.24, 2.45) is 0 Å². The SMILES string of the molecule is CC(=O)CCc1ccc(OCC(=O)NCC(F)(F)F)cc1. The van der Waals surface area contributed by atoms with E-state index in [4.69, 9.17) is 4.74 Å². The van der Waals surface area contributed by atoms with Crippen molar-refractivity contribution in [2.45, 2.75) is 25.9 Å². The molecule has 1 aromatic carbocycles. The van der Waals surface area contributed by atoms with Gasteiger partial charge in [0.05, 0.1) is 0 Å². The second-order valence-electron chi connectivity index (χ2n) is 4.53. The van der Waals surface area contributed by atoms with E-state index in [-0.39, 0.29) is 5.78 Å². The van der Waals surface area contributed by atoms with E-state index in [2.05, 4.69) is 0 Å². The van der Waals surface area contributed by atoms with Gasteiger partial charge in [-0.2, -0.15) is 13.2 Å². The van der Waals surface area contributed by atoms with Gasteiger partial charge in [0.15, 0.2) is 6.61 Å². The summed E-state index contributed by atoms with van der Waals surface area (Å²) in [6, 6.07) is 6.69. The largest absolute Gasteiger partial charge is 0.484 e. The van der Waals surface area contributed by atoms with Crippen LogP contribution in [0.15, 0.2) is 24.3 Å². The Labute approximate surface area is 120 Å². The minimum absolute atomic E-state index is 0.0941. The van der Waals surface area contributed by atoms with Gasteiger partial charge < -0.3 is 14.8 Å². The van der Waals surface area contributed by atoms with Gasteiger partial charge in [-0.3, -0.25) is 4.79 Å². The van der Waals surface area contributed by atoms with Gasteiger partial charge in [-0.1, -0.05) is 12.1 Å². The van der Waals surface area contributed by atoms with E-state index in [9.17, 15) is 22.8 Å². The zero-order valence-corrected chi connectivity index (χ0v) is 11.5. The number of alkyl halides is 3. The minimum atomic E-state index is -4.44. The number of rotatable bonds is 7. The fourth-order valence-electron chi connectivity index (χ4n) is 1.47. The molecular formula is C14H16F3NO3. The number of carbonyl (C=O) groups is 2. The molecule has 0 fully saturated rings. The van der Waals surface area contributed by atoms with Crippen molar-refractivity contribution in [1.82, 2.24) is 5.32 Å².